The lowest BCUT2D eigenvalue weighted by atomic mass is 10.2. The molecule has 0 unspecified atom stereocenters. The van der Waals surface area contributed by atoms with Crippen molar-refractivity contribution in [3.05, 3.63) is 59.7 Å². The molecular weight excluding hydrogens is 368 g/mol. The standard InChI is InChI=1S/C19H22N2O5S/c1-25-17-6-4-16(5-7-17)19(22)20-14-15-2-8-18(9-3-15)27(23,24)21-10-12-26-13-11-21/h2-9H,10-14H2,1H3,(H,20,22). The Morgan fingerprint density at radius 3 is 2.30 bits per heavy atom. The fourth-order valence-electron chi connectivity index (χ4n) is 2.74. The van der Waals surface area contributed by atoms with Gasteiger partial charge in [0.2, 0.25) is 10.0 Å². The molecule has 3 rings (SSSR count). The number of hydrogen-bond acceptors (Lipinski definition) is 5. The second-order valence-corrected chi connectivity index (χ2v) is 8.01. The van der Waals surface area contributed by atoms with Gasteiger partial charge in [-0.15, -0.1) is 0 Å². The maximum Gasteiger partial charge on any atom is 0.251 e. The summed E-state index contributed by atoms with van der Waals surface area (Å²) in [6.45, 7) is 1.86. The normalized spacial score (nSPS) is 15.3. The molecule has 0 aliphatic carbocycles. The third kappa shape index (κ3) is 4.65. The third-order valence-corrected chi connectivity index (χ3v) is 6.25. The van der Waals surface area contributed by atoms with Crippen molar-refractivity contribution in [2.24, 2.45) is 0 Å². The van der Waals surface area contributed by atoms with Gasteiger partial charge in [0, 0.05) is 25.2 Å². The molecule has 2 aromatic carbocycles. The number of benzene rings is 2. The number of methoxy groups -OCH3 is 1. The van der Waals surface area contributed by atoms with Crippen LogP contribution in [-0.4, -0.2) is 52.0 Å². The Hall–Kier alpha value is -2.42. The van der Waals surface area contributed by atoms with E-state index in [4.69, 9.17) is 9.47 Å². The molecule has 27 heavy (non-hydrogen) atoms. The predicted octanol–water partition coefficient (Wildman–Crippen LogP) is 1.65. The van der Waals surface area contributed by atoms with Gasteiger partial charge in [0.05, 0.1) is 25.2 Å². The number of rotatable bonds is 6. The minimum atomic E-state index is -3.51. The van der Waals surface area contributed by atoms with Crippen LogP contribution in [0.25, 0.3) is 0 Å². The first-order valence-corrected chi connectivity index (χ1v) is 10.0. The predicted molar refractivity (Wildman–Crippen MR) is 100 cm³/mol. The van der Waals surface area contributed by atoms with Crippen LogP contribution in [0.1, 0.15) is 15.9 Å². The van der Waals surface area contributed by atoms with Crippen molar-refractivity contribution in [1.82, 2.24) is 9.62 Å². The van der Waals surface area contributed by atoms with Crippen molar-refractivity contribution >= 4 is 15.9 Å². The van der Waals surface area contributed by atoms with Crippen LogP contribution >= 0.6 is 0 Å². The number of ether oxygens (including phenoxy) is 2. The monoisotopic (exact) mass is 390 g/mol. The number of sulfonamides is 1. The van der Waals surface area contributed by atoms with Gasteiger partial charge < -0.3 is 14.8 Å². The Balaban J connectivity index is 1.61. The number of carbonyl (C=O) groups excluding carboxylic acids is 1. The van der Waals surface area contributed by atoms with Crippen molar-refractivity contribution in [2.45, 2.75) is 11.4 Å². The molecular formula is C19H22N2O5S. The average Bonchev–Trinajstić information content (AvgIpc) is 2.73. The Bertz CT molecular complexity index is 873. The van der Waals surface area contributed by atoms with E-state index in [-0.39, 0.29) is 10.8 Å². The highest BCUT2D eigenvalue weighted by Crippen LogP contribution is 2.18. The van der Waals surface area contributed by atoms with Gasteiger partial charge in [-0.25, -0.2) is 8.42 Å². The van der Waals surface area contributed by atoms with E-state index in [9.17, 15) is 13.2 Å². The maximum atomic E-state index is 12.6. The van der Waals surface area contributed by atoms with E-state index in [1.54, 1.807) is 55.6 Å². The maximum absolute atomic E-state index is 12.6. The highest BCUT2D eigenvalue weighted by Gasteiger charge is 2.26. The Morgan fingerprint density at radius 2 is 1.70 bits per heavy atom. The fraction of sp³-hybridized carbons (Fsp3) is 0.316. The SMILES string of the molecule is COc1ccc(C(=O)NCc2ccc(S(=O)(=O)N3CCOCC3)cc2)cc1. The Kier molecular flexibility index (Phi) is 6.10. The molecule has 1 saturated heterocycles. The second kappa shape index (κ2) is 8.51. The molecule has 0 bridgehead atoms. The lowest BCUT2D eigenvalue weighted by molar-refractivity contribution is 0.0730. The van der Waals surface area contributed by atoms with Gasteiger partial charge in [-0.3, -0.25) is 4.79 Å². The van der Waals surface area contributed by atoms with Gasteiger partial charge in [-0.2, -0.15) is 4.31 Å². The van der Waals surface area contributed by atoms with E-state index in [1.807, 2.05) is 0 Å². The van der Waals surface area contributed by atoms with E-state index < -0.39 is 10.0 Å². The van der Waals surface area contributed by atoms with E-state index in [0.717, 1.165) is 5.56 Å². The zero-order chi connectivity index (χ0) is 19.3. The molecule has 0 aromatic heterocycles. The molecule has 1 heterocycles. The van der Waals surface area contributed by atoms with Gasteiger partial charge in [-0.1, -0.05) is 12.1 Å². The summed E-state index contributed by atoms with van der Waals surface area (Å²) in [5.41, 5.74) is 1.35. The molecule has 2 aromatic rings. The van der Waals surface area contributed by atoms with Crippen LogP contribution in [-0.2, 0) is 21.3 Å². The molecule has 0 radical (unpaired) electrons. The molecule has 1 fully saturated rings. The van der Waals surface area contributed by atoms with E-state index in [1.165, 1.54) is 4.31 Å². The highest BCUT2D eigenvalue weighted by atomic mass is 32.2. The highest BCUT2D eigenvalue weighted by molar-refractivity contribution is 7.89. The summed E-state index contributed by atoms with van der Waals surface area (Å²) < 4.78 is 36.9. The Labute approximate surface area is 158 Å². The summed E-state index contributed by atoms with van der Waals surface area (Å²) in [6, 6.07) is 13.4. The summed E-state index contributed by atoms with van der Waals surface area (Å²) in [5.74, 6) is 0.478. The van der Waals surface area contributed by atoms with Crippen molar-refractivity contribution in [3.8, 4) is 5.75 Å². The molecule has 1 aliphatic rings. The number of nitrogens with one attached hydrogen (secondary N) is 1. The lowest BCUT2D eigenvalue weighted by Crippen LogP contribution is -2.40. The van der Waals surface area contributed by atoms with Crippen LogP contribution in [0.15, 0.2) is 53.4 Å². The summed E-state index contributed by atoms with van der Waals surface area (Å²) in [6.07, 6.45) is 0. The van der Waals surface area contributed by atoms with Crippen LogP contribution in [0.5, 0.6) is 5.75 Å². The van der Waals surface area contributed by atoms with Crippen molar-refractivity contribution in [2.75, 3.05) is 33.4 Å². The fourth-order valence-corrected chi connectivity index (χ4v) is 4.15. The first kappa shape index (κ1) is 19.3. The first-order valence-electron chi connectivity index (χ1n) is 8.60. The van der Waals surface area contributed by atoms with Crippen LogP contribution in [0, 0.1) is 0 Å². The zero-order valence-corrected chi connectivity index (χ0v) is 15.9. The minimum absolute atomic E-state index is 0.206. The van der Waals surface area contributed by atoms with Gasteiger partial charge in [0.25, 0.3) is 5.91 Å². The number of morpholine rings is 1. The van der Waals surface area contributed by atoms with E-state index in [2.05, 4.69) is 5.32 Å². The Morgan fingerprint density at radius 1 is 1.07 bits per heavy atom. The number of nitrogens with zero attached hydrogens (tertiary/aromatic N) is 1. The molecule has 144 valence electrons. The number of hydrogen-bond donors (Lipinski definition) is 1. The van der Waals surface area contributed by atoms with Gasteiger partial charge >= 0.3 is 0 Å². The number of amides is 1. The molecule has 7 nitrogen and oxygen atoms in total. The summed E-state index contributed by atoms with van der Waals surface area (Å²) in [4.78, 5) is 12.4. The molecule has 1 amide bonds. The third-order valence-electron chi connectivity index (χ3n) is 4.34. The average molecular weight is 390 g/mol. The van der Waals surface area contributed by atoms with Crippen LogP contribution in [0.4, 0.5) is 0 Å². The largest absolute Gasteiger partial charge is 0.497 e. The minimum Gasteiger partial charge on any atom is -0.497 e. The molecule has 0 spiro atoms. The summed E-state index contributed by atoms with van der Waals surface area (Å²) in [5, 5.41) is 2.82. The summed E-state index contributed by atoms with van der Waals surface area (Å²) in [7, 11) is -1.94. The van der Waals surface area contributed by atoms with E-state index in [0.29, 0.717) is 44.2 Å². The molecule has 0 saturated carbocycles. The molecule has 0 atom stereocenters. The van der Waals surface area contributed by atoms with Crippen molar-refractivity contribution in [1.29, 1.82) is 0 Å². The van der Waals surface area contributed by atoms with Crippen molar-refractivity contribution < 1.29 is 22.7 Å². The second-order valence-electron chi connectivity index (χ2n) is 6.07. The van der Waals surface area contributed by atoms with Crippen LogP contribution in [0.2, 0.25) is 0 Å². The van der Waals surface area contributed by atoms with Crippen molar-refractivity contribution in [3.63, 3.8) is 0 Å². The van der Waals surface area contributed by atoms with Gasteiger partial charge in [0.1, 0.15) is 5.75 Å². The van der Waals surface area contributed by atoms with Gasteiger partial charge in [-0.05, 0) is 42.0 Å². The van der Waals surface area contributed by atoms with Crippen LogP contribution < -0.4 is 10.1 Å². The zero-order valence-electron chi connectivity index (χ0n) is 15.1. The smallest absolute Gasteiger partial charge is 0.251 e. The topological polar surface area (TPSA) is 84.9 Å². The first-order chi connectivity index (χ1) is 13.0. The quantitative estimate of drug-likeness (QED) is 0.811. The molecule has 1 aliphatic heterocycles. The number of carbonyl (C=O) groups is 1. The molecule has 8 heteroatoms. The van der Waals surface area contributed by atoms with Gasteiger partial charge in [0.15, 0.2) is 0 Å². The lowest BCUT2D eigenvalue weighted by Gasteiger charge is -2.26. The van der Waals surface area contributed by atoms with Crippen LogP contribution in [0.3, 0.4) is 0 Å². The molecule has 1 N–H and O–H groups in total. The van der Waals surface area contributed by atoms with E-state index >= 15 is 0 Å². The summed E-state index contributed by atoms with van der Waals surface area (Å²) >= 11 is 0.